The number of aryl methyl sites for hydroxylation is 2. The Balaban J connectivity index is 1.91. The summed E-state index contributed by atoms with van der Waals surface area (Å²) in [6, 6.07) is 10.3. The van der Waals surface area contributed by atoms with Crippen molar-refractivity contribution in [1.82, 2.24) is 0 Å². The lowest BCUT2D eigenvalue weighted by Crippen LogP contribution is -2.59. The van der Waals surface area contributed by atoms with Gasteiger partial charge in [0.2, 0.25) is 0 Å². The summed E-state index contributed by atoms with van der Waals surface area (Å²) < 4.78 is 10.6. The van der Waals surface area contributed by atoms with Crippen molar-refractivity contribution in [3.05, 3.63) is 53.1 Å². The minimum absolute atomic E-state index is 0.333. The van der Waals surface area contributed by atoms with Crippen LogP contribution in [0.4, 0.5) is 11.4 Å². The number of ether oxygens (including phenoxy) is 2. The fourth-order valence-corrected chi connectivity index (χ4v) is 3.09. The second kappa shape index (κ2) is 6.99. The van der Waals surface area contributed by atoms with Crippen LogP contribution in [0.2, 0.25) is 0 Å². The van der Waals surface area contributed by atoms with Crippen molar-refractivity contribution in [3.63, 3.8) is 0 Å². The van der Waals surface area contributed by atoms with Gasteiger partial charge in [0, 0.05) is 12.7 Å². The summed E-state index contributed by atoms with van der Waals surface area (Å²) in [5.41, 5.74) is 1.26. The first-order valence-corrected chi connectivity index (χ1v) is 8.75. The average molecular weight is 382 g/mol. The van der Waals surface area contributed by atoms with Crippen LogP contribution < -0.4 is 15.0 Å². The maximum atomic E-state index is 13.0. The number of nitrogens with zero attached hydrogens (tertiary/aromatic N) is 1. The van der Waals surface area contributed by atoms with E-state index in [1.54, 1.807) is 32.2 Å². The highest BCUT2D eigenvalue weighted by Crippen LogP contribution is 2.38. The Labute approximate surface area is 163 Å². The van der Waals surface area contributed by atoms with E-state index in [4.69, 9.17) is 9.47 Å². The van der Waals surface area contributed by atoms with E-state index in [1.165, 1.54) is 25.0 Å². The van der Waals surface area contributed by atoms with E-state index in [9.17, 15) is 14.4 Å². The number of nitrogens with one attached hydrogen (secondary N) is 1. The molecule has 7 nitrogen and oxygen atoms in total. The van der Waals surface area contributed by atoms with Gasteiger partial charge in [0.25, 0.3) is 17.4 Å². The highest BCUT2D eigenvalue weighted by atomic mass is 16.5. The molecule has 0 saturated heterocycles. The molecule has 1 atom stereocenters. The van der Waals surface area contributed by atoms with Crippen molar-refractivity contribution in [2.45, 2.75) is 26.4 Å². The predicted molar refractivity (Wildman–Crippen MR) is 105 cm³/mol. The standard InChI is InChI=1S/C21H22N2O5/c1-12-6-9-17-16(10-12)23(4)20(26)21(3,28-17)19(25)22-14-8-7-13(2)15(11-14)18(24)27-5/h6-11H,1-5H3,(H,22,25). The number of rotatable bonds is 3. The fraction of sp³-hybridized carbons (Fsp3) is 0.286. The van der Waals surface area contributed by atoms with E-state index in [-0.39, 0.29) is 0 Å². The fourth-order valence-electron chi connectivity index (χ4n) is 3.09. The predicted octanol–water partition coefficient (Wildman–Crippen LogP) is 2.84. The molecule has 1 unspecified atom stereocenters. The summed E-state index contributed by atoms with van der Waals surface area (Å²) >= 11 is 0. The SMILES string of the molecule is COC(=O)c1cc(NC(=O)C2(C)Oc3ccc(C)cc3N(C)C2=O)ccc1C. The molecule has 0 fully saturated rings. The topological polar surface area (TPSA) is 84.9 Å². The van der Waals surface area contributed by atoms with Crippen LogP contribution in [0.3, 0.4) is 0 Å². The Morgan fingerprint density at radius 2 is 1.86 bits per heavy atom. The minimum Gasteiger partial charge on any atom is -0.465 e. The molecule has 146 valence electrons. The highest BCUT2D eigenvalue weighted by Gasteiger charge is 2.49. The number of hydrogen-bond donors (Lipinski definition) is 1. The van der Waals surface area contributed by atoms with Gasteiger partial charge < -0.3 is 19.7 Å². The lowest BCUT2D eigenvalue weighted by Gasteiger charge is -2.38. The van der Waals surface area contributed by atoms with Crippen LogP contribution in [0, 0.1) is 13.8 Å². The molecule has 2 aromatic rings. The van der Waals surface area contributed by atoms with Gasteiger partial charge >= 0.3 is 5.97 Å². The zero-order chi connectivity index (χ0) is 20.6. The number of benzene rings is 2. The number of anilines is 2. The molecule has 1 aliphatic heterocycles. The quantitative estimate of drug-likeness (QED) is 0.652. The first kappa shape index (κ1) is 19.4. The van der Waals surface area contributed by atoms with Crippen LogP contribution >= 0.6 is 0 Å². The zero-order valence-electron chi connectivity index (χ0n) is 16.5. The summed E-state index contributed by atoms with van der Waals surface area (Å²) in [7, 11) is 2.90. The molecule has 28 heavy (non-hydrogen) atoms. The maximum absolute atomic E-state index is 13.0. The molecule has 1 N–H and O–H groups in total. The Bertz CT molecular complexity index is 985. The third-order valence-corrected chi connectivity index (χ3v) is 4.84. The maximum Gasteiger partial charge on any atom is 0.338 e. The van der Waals surface area contributed by atoms with Crippen LogP contribution in [-0.2, 0) is 14.3 Å². The number of likely N-dealkylation sites (N-methyl/N-ethyl adjacent to an activating group) is 1. The molecule has 3 rings (SSSR count). The monoisotopic (exact) mass is 382 g/mol. The summed E-state index contributed by atoms with van der Waals surface area (Å²) in [6.07, 6.45) is 0. The largest absolute Gasteiger partial charge is 0.465 e. The Kier molecular flexibility index (Phi) is 4.85. The van der Waals surface area contributed by atoms with Crippen molar-refractivity contribution in [1.29, 1.82) is 0 Å². The molecule has 1 heterocycles. The molecule has 7 heteroatoms. The normalized spacial score (nSPS) is 18.2. The zero-order valence-corrected chi connectivity index (χ0v) is 16.5. The number of carbonyl (C=O) groups excluding carboxylic acids is 3. The van der Waals surface area contributed by atoms with Crippen molar-refractivity contribution in [2.75, 3.05) is 24.4 Å². The highest BCUT2D eigenvalue weighted by molar-refractivity contribution is 6.19. The number of esters is 1. The molecule has 1 aliphatic rings. The van der Waals surface area contributed by atoms with Crippen LogP contribution in [0.5, 0.6) is 5.75 Å². The van der Waals surface area contributed by atoms with Crippen molar-refractivity contribution < 1.29 is 23.9 Å². The summed E-state index contributed by atoms with van der Waals surface area (Å²) in [5, 5.41) is 2.67. The molecule has 0 saturated carbocycles. The van der Waals surface area contributed by atoms with Crippen LogP contribution in [0.25, 0.3) is 0 Å². The van der Waals surface area contributed by atoms with Crippen molar-refractivity contribution >= 4 is 29.2 Å². The van der Waals surface area contributed by atoms with Crippen LogP contribution in [0.1, 0.15) is 28.4 Å². The number of carbonyl (C=O) groups is 3. The Morgan fingerprint density at radius 1 is 1.14 bits per heavy atom. The summed E-state index contributed by atoms with van der Waals surface area (Å²) in [6.45, 7) is 5.11. The molecule has 0 bridgehead atoms. The van der Waals surface area contributed by atoms with Gasteiger partial charge in [0.05, 0.1) is 18.4 Å². The van der Waals surface area contributed by atoms with Gasteiger partial charge in [-0.2, -0.15) is 0 Å². The smallest absolute Gasteiger partial charge is 0.338 e. The second-order valence-electron chi connectivity index (χ2n) is 6.95. The van der Waals surface area contributed by atoms with Crippen LogP contribution in [-0.4, -0.2) is 37.5 Å². The molecule has 0 aliphatic carbocycles. The minimum atomic E-state index is -1.74. The van der Waals surface area contributed by atoms with Crippen LogP contribution in [0.15, 0.2) is 36.4 Å². The lowest BCUT2D eigenvalue weighted by molar-refractivity contribution is -0.144. The van der Waals surface area contributed by atoms with Gasteiger partial charge in [-0.1, -0.05) is 12.1 Å². The van der Waals surface area contributed by atoms with Gasteiger partial charge in [0.1, 0.15) is 5.75 Å². The first-order chi connectivity index (χ1) is 13.2. The van der Waals surface area contributed by atoms with E-state index in [1.807, 2.05) is 19.1 Å². The molecule has 2 amide bonds. The van der Waals surface area contributed by atoms with Crippen molar-refractivity contribution in [3.8, 4) is 5.75 Å². The van der Waals surface area contributed by atoms with E-state index >= 15 is 0 Å². The average Bonchev–Trinajstić information content (AvgIpc) is 2.67. The van der Waals surface area contributed by atoms with Crippen molar-refractivity contribution in [2.24, 2.45) is 0 Å². The number of methoxy groups -OCH3 is 1. The molecular formula is C21H22N2O5. The van der Waals surface area contributed by atoms with Gasteiger partial charge in [-0.3, -0.25) is 9.59 Å². The first-order valence-electron chi connectivity index (χ1n) is 8.75. The van der Waals surface area contributed by atoms with E-state index in [2.05, 4.69) is 5.32 Å². The molecule has 0 radical (unpaired) electrons. The molecular weight excluding hydrogens is 360 g/mol. The third-order valence-electron chi connectivity index (χ3n) is 4.84. The van der Waals surface area contributed by atoms with E-state index in [0.717, 1.165) is 5.56 Å². The van der Waals surface area contributed by atoms with Gasteiger partial charge in [0.15, 0.2) is 0 Å². The van der Waals surface area contributed by atoms with E-state index in [0.29, 0.717) is 28.3 Å². The third kappa shape index (κ3) is 3.19. The lowest BCUT2D eigenvalue weighted by atomic mass is 9.99. The van der Waals surface area contributed by atoms with Gasteiger partial charge in [-0.25, -0.2) is 4.79 Å². The molecule has 0 spiro atoms. The Hall–Kier alpha value is -3.35. The molecule has 0 aromatic heterocycles. The summed E-state index contributed by atoms with van der Waals surface area (Å²) in [4.78, 5) is 39.1. The number of hydrogen-bond acceptors (Lipinski definition) is 5. The number of amides is 2. The van der Waals surface area contributed by atoms with Gasteiger partial charge in [-0.15, -0.1) is 0 Å². The van der Waals surface area contributed by atoms with Gasteiger partial charge in [-0.05, 0) is 56.2 Å². The Morgan fingerprint density at radius 3 is 2.54 bits per heavy atom. The number of fused-ring (bicyclic) bond motifs is 1. The van der Waals surface area contributed by atoms with E-state index < -0.39 is 23.4 Å². The second-order valence-corrected chi connectivity index (χ2v) is 6.95. The molecule has 2 aromatic carbocycles. The summed E-state index contributed by atoms with van der Waals surface area (Å²) in [5.74, 6) is -1.17.